The molecule has 9 heteroatoms. The molecule has 0 aliphatic carbocycles. The summed E-state index contributed by atoms with van der Waals surface area (Å²) in [5, 5.41) is 8.90. The quantitative estimate of drug-likeness (QED) is 0.829. The number of nitrogens with one attached hydrogen (secondary N) is 1. The molecule has 1 aromatic carbocycles. The van der Waals surface area contributed by atoms with E-state index in [2.05, 4.69) is 10.2 Å². The second-order valence-electron chi connectivity index (χ2n) is 4.00. The first-order valence-electron chi connectivity index (χ1n) is 5.30. The maximum atomic E-state index is 14.1. The topological polar surface area (TPSA) is 84.7 Å². The minimum atomic E-state index is -4.86. The normalized spacial score (nSPS) is 11.7. The van der Waals surface area contributed by atoms with E-state index >= 15 is 0 Å². The van der Waals surface area contributed by atoms with Crippen molar-refractivity contribution < 1.29 is 22.4 Å². The van der Waals surface area contributed by atoms with Gasteiger partial charge in [-0.3, -0.25) is 4.79 Å². The number of primary amides is 1. The fraction of sp³-hybridized carbons (Fsp3) is 0.182. The highest BCUT2D eigenvalue weighted by Crippen LogP contribution is 2.37. The number of carbonyl (C=O) groups excluding carboxylic acids is 1. The van der Waals surface area contributed by atoms with Crippen LogP contribution < -0.4 is 5.73 Å². The van der Waals surface area contributed by atoms with Crippen LogP contribution in [0.25, 0.3) is 11.3 Å². The third kappa shape index (κ3) is 2.22. The number of nitrogens with two attached hydrogens (primary N) is 1. The molecular formula is C11H8F4N4O. The number of aromatic amines is 1. The smallest absolute Gasteiger partial charge is 0.364 e. The van der Waals surface area contributed by atoms with E-state index in [9.17, 15) is 22.4 Å². The minimum absolute atomic E-state index is 0.275. The van der Waals surface area contributed by atoms with Crippen LogP contribution >= 0.6 is 0 Å². The van der Waals surface area contributed by atoms with E-state index in [-0.39, 0.29) is 11.3 Å². The zero-order chi connectivity index (χ0) is 15.1. The van der Waals surface area contributed by atoms with Crippen LogP contribution in [-0.4, -0.2) is 21.3 Å². The highest BCUT2D eigenvalue weighted by molar-refractivity contribution is 5.96. The molecule has 0 spiro atoms. The van der Waals surface area contributed by atoms with Crippen molar-refractivity contribution in [3.63, 3.8) is 0 Å². The number of nitrogens with zero attached hydrogens (tertiary/aromatic N) is 2. The molecule has 0 unspecified atom stereocenters. The molecule has 0 saturated carbocycles. The van der Waals surface area contributed by atoms with Gasteiger partial charge in [-0.1, -0.05) is 6.07 Å². The van der Waals surface area contributed by atoms with E-state index in [1.54, 1.807) is 0 Å². The van der Waals surface area contributed by atoms with Crippen LogP contribution in [-0.2, 0) is 6.18 Å². The summed E-state index contributed by atoms with van der Waals surface area (Å²) in [6.07, 6.45) is -4.86. The number of rotatable bonds is 2. The average molecular weight is 288 g/mol. The molecule has 1 amide bonds. The van der Waals surface area contributed by atoms with Crippen molar-refractivity contribution in [3.05, 3.63) is 34.8 Å². The fourth-order valence-corrected chi connectivity index (χ4v) is 1.79. The Morgan fingerprint density at radius 2 is 1.95 bits per heavy atom. The van der Waals surface area contributed by atoms with Gasteiger partial charge in [0.1, 0.15) is 11.5 Å². The third-order valence-electron chi connectivity index (χ3n) is 2.67. The maximum Gasteiger partial charge on any atom is 0.419 e. The van der Waals surface area contributed by atoms with Crippen molar-refractivity contribution in [1.29, 1.82) is 0 Å². The van der Waals surface area contributed by atoms with Crippen molar-refractivity contribution >= 4 is 5.91 Å². The molecular weight excluding hydrogens is 280 g/mol. The molecule has 0 fully saturated rings. The molecule has 1 heterocycles. The highest BCUT2D eigenvalue weighted by atomic mass is 19.4. The standard InChI is InChI=1S/C11H8F4N4O/c1-4-2-3-5(7(12)6(4)11(13,14)15)8-9(10(16)20)18-19-17-8/h2-3H,1H3,(H2,16,20)(H,17,18,19). The summed E-state index contributed by atoms with van der Waals surface area (Å²) in [4.78, 5) is 11.1. The van der Waals surface area contributed by atoms with Crippen molar-refractivity contribution in [2.75, 3.05) is 0 Å². The Kier molecular flexibility index (Phi) is 3.20. The van der Waals surface area contributed by atoms with E-state index < -0.39 is 34.7 Å². The molecule has 5 nitrogen and oxygen atoms in total. The molecule has 0 aliphatic rings. The second kappa shape index (κ2) is 4.58. The van der Waals surface area contributed by atoms with Crippen LogP contribution in [0.15, 0.2) is 12.1 Å². The summed E-state index contributed by atoms with van der Waals surface area (Å²) in [5.41, 5.74) is 2.02. The first kappa shape index (κ1) is 14.0. The van der Waals surface area contributed by atoms with Gasteiger partial charge in [0.05, 0.1) is 5.56 Å². The van der Waals surface area contributed by atoms with Gasteiger partial charge < -0.3 is 5.73 Å². The predicted molar refractivity (Wildman–Crippen MR) is 60.0 cm³/mol. The van der Waals surface area contributed by atoms with Crippen LogP contribution in [0.5, 0.6) is 0 Å². The Balaban J connectivity index is 2.71. The van der Waals surface area contributed by atoms with Gasteiger partial charge in [-0.2, -0.15) is 28.6 Å². The molecule has 0 bridgehead atoms. The van der Waals surface area contributed by atoms with E-state index in [4.69, 9.17) is 5.73 Å². The monoisotopic (exact) mass is 288 g/mol. The largest absolute Gasteiger partial charge is 0.419 e. The number of benzene rings is 1. The summed E-state index contributed by atoms with van der Waals surface area (Å²) in [6, 6.07) is 2.17. The van der Waals surface area contributed by atoms with Crippen molar-refractivity contribution in [2.45, 2.75) is 13.1 Å². The number of halogens is 4. The number of hydrogen-bond acceptors (Lipinski definition) is 3. The van der Waals surface area contributed by atoms with Gasteiger partial charge in [0.2, 0.25) is 0 Å². The highest BCUT2D eigenvalue weighted by Gasteiger charge is 2.37. The molecule has 0 atom stereocenters. The third-order valence-corrected chi connectivity index (χ3v) is 2.67. The lowest BCUT2D eigenvalue weighted by Gasteiger charge is -2.13. The minimum Gasteiger partial charge on any atom is -0.364 e. The van der Waals surface area contributed by atoms with Gasteiger partial charge in [0, 0.05) is 5.56 Å². The number of aromatic nitrogens is 3. The average Bonchev–Trinajstić information content (AvgIpc) is 2.76. The van der Waals surface area contributed by atoms with Crippen LogP contribution in [0.3, 0.4) is 0 Å². The summed E-state index contributed by atoms with van der Waals surface area (Å²) >= 11 is 0. The molecule has 0 radical (unpaired) electrons. The molecule has 3 N–H and O–H groups in total. The lowest BCUT2D eigenvalue weighted by Crippen LogP contribution is -2.14. The van der Waals surface area contributed by atoms with Gasteiger partial charge in [-0.15, -0.1) is 0 Å². The summed E-state index contributed by atoms with van der Waals surface area (Å²) in [6.45, 7) is 1.13. The number of carbonyl (C=O) groups is 1. The molecule has 2 aromatic rings. The molecule has 106 valence electrons. The Bertz CT molecular complexity index is 678. The zero-order valence-corrected chi connectivity index (χ0v) is 10.0. The Labute approximate surface area is 109 Å². The lowest BCUT2D eigenvalue weighted by molar-refractivity contribution is -0.140. The van der Waals surface area contributed by atoms with Crippen LogP contribution in [0.2, 0.25) is 0 Å². The summed E-state index contributed by atoms with van der Waals surface area (Å²) < 4.78 is 52.5. The van der Waals surface area contributed by atoms with E-state index in [1.807, 2.05) is 5.21 Å². The van der Waals surface area contributed by atoms with Crippen LogP contribution in [0, 0.1) is 12.7 Å². The Hall–Kier alpha value is -2.45. The number of hydrogen-bond donors (Lipinski definition) is 2. The Morgan fingerprint density at radius 1 is 1.30 bits per heavy atom. The Morgan fingerprint density at radius 3 is 2.50 bits per heavy atom. The summed E-state index contributed by atoms with van der Waals surface area (Å²) in [7, 11) is 0. The molecule has 0 aliphatic heterocycles. The van der Waals surface area contributed by atoms with Gasteiger partial charge in [0.15, 0.2) is 5.69 Å². The maximum absolute atomic E-state index is 14.1. The number of aryl methyl sites for hydroxylation is 1. The lowest BCUT2D eigenvalue weighted by atomic mass is 10.0. The number of amides is 1. The van der Waals surface area contributed by atoms with Gasteiger partial charge in [-0.05, 0) is 18.6 Å². The molecule has 0 saturated heterocycles. The van der Waals surface area contributed by atoms with Gasteiger partial charge in [0.25, 0.3) is 5.91 Å². The van der Waals surface area contributed by atoms with Gasteiger partial charge in [-0.25, -0.2) is 4.39 Å². The summed E-state index contributed by atoms with van der Waals surface area (Å²) in [5.74, 6) is -2.55. The first-order valence-corrected chi connectivity index (χ1v) is 5.30. The van der Waals surface area contributed by atoms with Gasteiger partial charge >= 0.3 is 6.18 Å². The first-order chi connectivity index (χ1) is 9.23. The zero-order valence-electron chi connectivity index (χ0n) is 10.0. The van der Waals surface area contributed by atoms with Crippen LogP contribution in [0.4, 0.5) is 17.6 Å². The molecule has 1 aromatic heterocycles. The van der Waals surface area contributed by atoms with Crippen LogP contribution in [0.1, 0.15) is 21.6 Å². The fourth-order valence-electron chi connectivity index (χ4n) is 1.79. The second-order valence-corrected chi connectivity index (χ2v) is 4.00. The van der Waals surface area contributed by atoms with Crippen molar-refractivity contribution in [3.8, 4) is 11.3 Å². The van der Waals surface area contributed by atoms with E-state index in [0.29, 0.717) is 0 Å². The number of H-pyrrole nitrogens is 1. The van der Waals surface area contributed by atoms with E-state index in [1.165, 1.54) is 0 Å². The van der Waals surface area contributed by atoms with Crippen molar-refractivity contribution in [2.24, 2.45) is 5.73 Å². The van der Waals surface area contributed by atoms with Crippen molar-refractivity contribution in [1.82, 2.24) is 15.4 Å². The molecule has 20 heavy (non-hydrogen) atoms. The van der Waals surface area contributed by atoms with E-state index in [0.717, 1.165) is 19.1 Å². The number of alkyl halides is 3. The molecule has 2 rings (SSSR count). The predicted octanol–water partition coefficient (Wildman–Crippen LogP) is 2.04. The SMILES string of the molecule is Cc1ccc(-c2n[nH]nc2C(N)=O)c(F)c1C(F)(F)F.